The van der Waals surface area contributed by atoms with E-state index in [2.05, 4.69) is 23.7 Å². The number of fused-ring (bicyclic) bond motifs is 3. The first-order valence-electron chi connectivity index (χ1n) is 9.21. The van der Waals surface area contributed by atoms with E-state index in [0.717, 1.165) is 50.9 Å². The summed E-state index contributed by atoms with van der Waals surface area (Å²) in [5.41, 5.74) is -0.626. The van der Waals surface area contributed by atoms with Crippen molar-refractivity contribution in [2.24, 2.45) is 5.92 Å². The van der Waals surface area contributed by atoms with Crippen molar-refractivity contribution in [3.05, 3.63) is 35.9 Å². The molecule has 1 aromatic rings. The average Bonchev–Trinajstić information content (AvgIpc) is 2.66. The van der Waals surface area contributed by atoms with Gasteiger partial charge in [-0.2, -0.15) is 0 Å². The average molecular weight is 327 g/mol. The van der Waals surface area contributed by atoms with E-state index in [1.165, 1.54) is 0 Å². The van der Waals surface area contributed by atoms with E-state index in [-0.39, 0.29) is 0 Å². The van der Waals surface area contributed by atoms with Crippen LogP contribution >= 0.6 is 0 Å². The van der Waals surface area contributed by atoms with E-state index < -0.39 is 11.2 Å². The molecule has 1 aromatic carbocycles. The zero-order chi connectivity index (χ0) is 17.0. The number of aliphatic hydroxyl groups is 1. The summed E-state index contributed by atoms with van der Waals surface area (Å²) in [5.74, 6) is 7.13. The second kappa shape index (κ2) is 7.27. The lowest BCUT2D eigenvalue weighted by Crippen LogP contribution is -2.59. The van der Waals surface area contributed by atoms with Gasteiger partial charge < -0.3 is 9.84 Å². The molecule has 0 radical (unpaired) electrons. The van der Waals surface area contributed by atoms with Gasteiger partial charge in [-0.25, -0.2) is 0 Å². The molecule has 0 amide bonds. The second-order valence-electron chi connectivity index (χ2n) is 7.22. The maximum absolute atomic E-state index is 11.3. The summed E-state index contributed by atoms with van der Waals surface area (Å²) in [6.45, 7) is 5.30. The molecule has 1 unspecified atom stereocenters. The Morgan fingerprint density at radius 1 is 1.29 bits per heavy atom. The maximum atomic E-state index is 11.3. The predicted octanol–water partition coefficient (Wildman–Crippen LogP) is 3.18. The molecule has 130 valence electrons. The van der Waals surface area contributed by atoms with E-state index >= 15 is 0 Å². The van der Waals surface area contributed by atoms with E-state index in [1.807, 2.05) is 30.3 Å². The zero-order valence-corrected chi connectivity index (χ0v) is 14.9. The summed E-state index contributed by atoms with van der Waals surface area (Å²) in [5, 5.41) is 11.3. The number of methoxy groups -OCH3 is 1. The van der Waals surface area contributed by atoms with Gasteiger partial charge in [0.25, 0.3) is 0 Å². The molecule has 0 saturated carbocycles. The Kier molecular flexibility index (Phi) is 5.30. The van der Waals surface area contributed by atoms with Gasteiger partial charge in [-0.15, -0.1) is 0 Å². The van der Waals surface area contributed by atoms with Crippen LogP contribution in [-0.2, 0) is 10.3 Å². The van der Waals surface area contributed by atoms with Gasteiger partial charge in [-0.05, 0) is 44.3 Å². The second-order valence-corrected chi connectivity index (χ2v) is 7.22. The molecule has 3 heteroatoms. The molecule has 24 heavy (non-hydrogen) atoms. The molecular formula is C21H29NO2. The molecular weight excluding hydrogens is 298 g/mol. The highest BCUT2D eigenvalue weighted by molar-refractivity contribution is 5.34. The summed E-state index contributed by atoms with van der Waals surface area (Å²) < 4.78 is 5.92. The van der Waals surface area contributed by atoms with Crippen molar-refractivity contribution in [1.82, 2.24) is 4.90 Å². The molecule has 0 spiro atoms. The van der Waals surface area contributed by atoms with E-state index in [4.69, 9.17) is 4.74 Å². The van der Waals surface area contributed by atoms with Gasteiger partial charge in [0.1, 0.15) is 5.60 Å². The fourth-order valence-corrected chi connectivity index (χ4v) is 4.08. The number of rotatable bonds is 5. The lowest BCUT2D eigenvalue weighted by molar-refractivity contribution is -0.0965. The van der Waals surface area contributed by atoms with E-state index in [0.29, 0.717) is 12.3 Å². The van der Waals surface area contributed by atoms with Crippen LogP contribution in [0.3, 0.4) is 0 Å². The number of hydrogen-bond donors (Lipinski definition) is 1. The minimum absolute atomic E-state index is 0.425. The number of hydrogen-bond acceptors (Lipinski definition) is 3. The molecule has 0 aromatic heterocycles. The Morgan fingerprint density at radius 2 is 2.00 bits per heavy atom. The first-order chi connectivity index (χ1) is 11.6. The van der Waals surface area contributed by atoms with Gasteiger partial charge in [-0.1, -0.05) is 55.5 Å². The first-order valence-corrected chi connectivity index (χ1v) is 9.21. The minimum atomic E-state index is -1.09. The van der Waals surface area contributed by atoms with Gasteiger partial charge in [-0.3, -0.25) is 4.90 Å². The molecule has 3 aliphatic rings. The molecule has 4 rings (SSSR count). The molecule has 3 nitrogen and oxygen atoms in total. The summed E-state index contributed by atoms with van der Waals surface area (Å²) in [6.07, 6.45) is 4.94. The molecule has 3 heterocycles. The van der Waals surface area contributed by atoms with Crippen LogP contribution in [0, 0.1) is 17.8 Å². The third-order valence-electron chi connectivity index (χ3n) is 5.69. The van der Waals surface area contributed by atoms with Crippen LogP contribution in [0.2, 0.25) is 0 Å². The van der Waals surface area contributed by atoms with Crippen molar-refractivity contribution in [3.63, 3.8) is 0 Å². The van der Waals surface area contributed by atoms with Crippen molar-refractivity contribution in [2.75, 3.05) is 26.7 Å². The van der Waals surface area contributed by atoms with Gasteiger partial charge in [0.05, 0.1) is 0 Å². The molecule has 2 atom stereocenters. The Morgan fingerprint density at radius 3 is 2.54 bits per heavy atom. The highest BCUT2D eigenvalue weighted by Gasteiger charge is 2.46. The quantitative estimate of drug-likeness (QED) is 0.843. The summed E-state index contributed by atoms with van der Waals surface area (Å²) in [6, 6.07) is 9.85. The predicted molar refractivity (Wildman–Crippen MR) is 96.5 cm³/mol. The molecule has 3 aliphatic heterocycles. The van der Waals surface area contributed by atoms with Gasteiger partial charge >= 0.3 is 0 Å². The van der Waals surface area contributed by atoms with Crippen LogP contribution in [0.25, 0.3) is 0 Å². The largest absolute Gasteiger partial charge is 0.373 e. The number of piperidine rings is 3. The highest BCUT2D eigenvalue weighted by Crippen LogP contribution is 2.38. The van der Waals surface area contributed by atoms with Crippen LogP contribution in [-0.4, -0.2) is 42.4 Å². The monoisotopic (exact) mass is 327 g/mol. The number of nitrogens with zero attached hydrogens (tertiary/aromatic N) is 1. The van der Waals surface area contributed by atoms with Crippen LogP contribution < -0.4 is 0 Å². The number of benzene rings is 1. The topological polar surface area (TPSA) is 32.7 Å². The van der Waals surface area contributed by atoms with Crippen molar-refractivity contribution in [2.45, 2.75) is 50.2 Å². The summed E-state index contributed by atoms with van der Waals surface area (Å²) in [4.78, 5) is 2.44. The summed E-state index contributed by atoms with van der Waals surface area (Å²) in [7, 11) is 1.77. The molecule has 3 fully saturated rings. The van der Waals surface area contributed by atoms with Crippen LogP contribution in [0.15, 0.2) is 30.3 Å². The number of ether oxygens (including phenoxy) is 1. The normalized spacial score (nSPS) is 31.1. The number of unbranched alkanes of at least 4 members (excludes halogenated alkanes) is 1. The fourth-order valence-electron chi connectivity index (χ4n) is 4.08. The Bertz CT molecular complexity index is 597. The lowest BCUT2D eigenvalue weighted by Gasteiger charge is -2.49. The van der Waals surface area contributed by atoms with E-state index in [1.54, 1.807) is 7.11 Å². The van der Waals surface area contributed by atoms with Crippen LogP contribution in [0.5, 0.6) is 0 Å². The SMILES string of the molecule is CCCCC(O)(C#C[C@@]1(OC)CN2CCC1CC2)c1ccccc1. The smallest absolute Gasteiger partial charge is 0.151 e. The van der Waals surface area contributed by atoms with Gasteiger partial charge in [0.2, 0.25) is 0 Å². The highest BCUT2D eigenvalue weighted by atomic mass is 16.5. The van der Waals surface area contributed by atoms with Crippen LogP contribution in [0.1, 0.15) is 44.6 Å². The maximum Gasteiger partial charge on any atom is 0.151 e. The molecule has 0 aliphatic carbocycles. The minimum Gasteiger partial charge on any atom is -0.373 e. The van der Waals surface area contributed by atoms with Crippen molar-refractivity contribution < 1.29 is 9.84 Å². The molecule has 2 bridgehead atoms. The van der Waals surface area contributed by atoms with Gasteiger partial charge in [0.15, 0.2) is 5.60 Å². The fraction of sp³-hybridized carbons (Fsp3) is 0.619. The third kappa shape index (κ3) is 3.37. The third-order valence-corrected chi connectivity index (χ3v) is 5.69. The molecule has 3 saturated heterocycles. The van der Waals surface area contributed by atoms with Crippen molar-refractivity contribution in [1.29, 1.82) is 0 Å². The Hall–Kier alpha value is -1.34. The zero-order valence-electron chi connectivity index (χ0n) is 14.9. The van der Waals surface area contributed by atoms with Crippen molar-refractivity contribution >= 4 is 0 Å². The van der Waals surface area contributed by atoms with Crippen LogP contribution in [0.4, 0.5) is 0 Å². The van der Waals surface area contributed by atoms with E-state index in [9.17, 15) is 5.11 Å². The standard InChI is InChI=1S/C21H29NO2/c1-3-4-12-20(23,18-8-6-5-7-9-18)13-14-21(24-2)17-22-15-10-19(21)11-16-22/h5-9,19,23H,3-4,10-12,15-17H2,1-2H3/t20?,21-/m1/s1. The molecule has 1 N–H and O–H groups in total. The Labute approximate surface area is 146 Å². The lowest BCUT2D eigenvalue weighted by atomic mass is 9.75. The van der Waals surface area contributed by atoms with Gasteiger partial charge in [0, 0.05) is 19.6 Å². The Balaban J connectivity index is 1.91. The van der Waals surface area contributed by atoms with Crippen molar-refractivity contribution in [3.8, 4) is 11.8 Å². The first kappa shape index (κ1) is 17.5. The summed E-state index contributed by atoms with van der Waals surface area (Å²) >= 11 is 0.